The van der Waals surface area contributed by atoms with Gasteiger partial charge in [-0.15, -0.1) is 0 Å². The smallest absolute Gasteiger partial charge is 0.270 e. The second-order valence-electron chi connectivity index (χ2n) is 3.32. The summed E-state index contributed by atoms with van der Waals surface area (Å²) in [5.74, 6) is -0.187. The van der Waals surface area contributed by atoms with Gasteiger partial charge in [0.1, 0.15) is 10.3 Å². The highest BCUT2D eigenvalue weighted by atomic mass is 79.9. The summed E-state index contributed by atoms with van der Waals surface area (Å²) in [6.45, 7) is 4.97. The fourth-order valence-electron chi connectivity index (χ4n) is 1.21. The molecule has 1 aromatic rings. The molecule has 1 unspecified atom stereocenters. The Bertz CT molecular complexity index is 358. The third kappa shape index (κ3) is 4.28. The molecule has 16 heavy (non-hydrogen) atoms. The van der Waals surface area contributed by atoms with Crippen LogP contribution in [0.15, 0.2) is 22.8 Å². The molecule has 0 saturated heterocycles. The molecule has 1 amide bonds. The van der Waals surface area contributed by atoms with Crippen LogP contribution in [0.5, 0.6) is 0 Å². The molecule has 1 aromatic heterocycles. The molecular weight excluding hydrogens is 272 g/mol. The normalized spacial score (nSPS) is 12.2. The summed E-state index contributed by atoms with van der Waals surface area (Å²) in [5, 5.41) is 2.76. The maximum Gasteiger partial charge on any atom is 0.270 e. The molecule has 0 aliphatic carbocycles. The van der Waals surface area contributed by atoms with Crippen LogP contribution in [0.4, 0.5) is 0 Å². The number of amides is 1. The maximum atomic E-state index is 11.7. The molecule has 88 valence electrons. The molecule has 1 rings (SSSR count). The second-order valence-corrected chi connectivity index (χ2v) is 4.13. The molecule has 0 aromatic carbocycles. The average Bonchev–Trinajstić information content (AvgIpc) is 2.26. The maximum absolute atomic E-state index is 11.7. The standard InChI is InChI=1S/C11H15BrN2O2/c1-3-16-8(2)7-13-11(15)9-5-4-6-10(12)14-9/h4-6,8H,3,7H2,1-2H3,(H,13,15). The Balaban J connectivity index is 2.47. The van der Waals surface area contributed by atoms with Gasteiger partial charge in [0.25, 0.3) is 5.91 Å². The van der Waals surface area contributed by atoms with Crippen molar-refractivity contribution >= 4 is 21.8 Å². The number of carbonyl (C=O) groups is 1. The number of halogens is 1. The summed E-state index contributed by atoms with van der Waals surface area (Å²) >= 11 is 3.22. The number of pyridine rings is 1. The van der Waals surface area contributed by atoms with Crippen molar-refractivity contribution in [3.05, 3.63) is 28.5 Å². The number of nitrogens with zero attached hydrogens (tertiary/aromatic N) is 1. The van der Waals surface area contributed by atoms with Gasteiger partial charge in [0.05, 0.1) is 6.10 Å². The van der Waals surface area contributed by atoms with Crippen LogP contribution in [0, 0.1) is 0 Å². The minimum atomic E-state index is -0.187. The largest absolute Gasteiger partial charge is 0.377 e. The Hall–Kier alpha value is -0.940. The van der Waals surface area contributed by atoms with E-state index in [2.05, 4.69) is 26.2 Å². The van der Waals surface area contributed by atoms with Crippen molar-refractivity contribution in [2.45, 2.75) is 20.0 Å². The topological polar surface area (TPSA) is 51.2 Å². The van der Waals surface area contributed by atoms with E-state index in [1.807, 2.05) is 13.8 Å². The highest BCUT2D eigenvalue weighted by Gasteiger charge is 2.08. The van der Waals surface area contributed by atoms with Gasteiger partial charge in [-0.05, 0) is 41.9 Å². The van der Waals surface area contributed by atoms with Crippen LogP contribution in [-0.4, -0.2) is 30.1 Å². The second kappa shape index (κ2) is 6.60. The minimum absolute atomic E-state index is 0.0149. The van der Waals surface area contributed by atoms with E-state index >= 15 is 0 Å². The summed E-state index contributed by atoms with van der Waals surface area (Å²) in [6, 6.07) is 5.23. The van der Waals surface area contributed by atoms with Gasteiger partial charge in [-0.2, -0.15) is 0 Å². The van der Waals surface area contributed by atoms with Crippen molar-refractivity contribution in [2.75, 3.05) is 13.2 Å². The SMILES string of the molecule is CCOC(C)CNC(=O)c1cccc(Br)n1. The van der Waals surface area contributed by atoms with Gasteiger partial charge in [0, 0.05) is 13.2 Å². The Morgan fingerprint density at radius 3 is 3.00 bits per heavy atom. The van der Waals surface area contributed by atoms with E-state index in [0.29, 0.717) is 23.4 Å². The summed E-state index contributed by atoms with van der Waals surface area (Å²) in [4.78, 5) is 15.7. The van der Waals surface area contributed by atoms with Crippen LogP contribution in [0.1, 0.15) is 24.3 Å². The van der Waals surface area contributed by atoms with Gasteiger partial charge in [0.15, 0.2) is 0 Å². The number of nitrogens with one attached hydrogen (secondary N) is 1. The Morgan fingerprint density at radius 1 is 1.62 bits per heavy atom. The molecule has 0 spiro atoms. The third-order valence-electron chi connectivity index (χ3n) is 1.95. The van der Waals surface area contributed by atoms with Crippen LogP contribution >= 0.6 is 15.9 Å². The van der Waals surface area contributed by atoms with E-state index in [4.69, 9.17) is 4.74 Å². The zero-order valence-electron chi connectivity index (χ0n) is 9.37. The van der Waals surface area contributed by atoms with Gasteiger partial charge in [0.2, 0.25) is 0 Å². The zero-order chi connectivity index (χ0) is 12.0. The summed E-state index contributed by atoms with van der Waals surface area (Å²) in [7, 11) is 0. The molecule has 1 atom stereocenters. The summed E-state index contributed by atoms with van der Waals surface area (Å²) in [5.41, 5.74) is 0.401. The van der Waals surface area contributed by atoms with Gasteiger partial charge in [-0.3, -0.25) is 4.79 Å². The Labute approximate surface area is 104 Å². The fourth-order valence-corrected chi connectivity index (χ4v) is 1.55. The quantitative estimate of drug-likeness (QED) is 0.843. The van der Waals surface area contributed by atoms with Crippen molar-refractivity contribution in [1.29, 1.82) is 0 Å². The van der Waals surface area contributed by atoms with Gasteiger partial charge in [-0.25, -0.2) is 4.98 Å². The number of ether oxygens (including phenoxy) is 1. The first-order valence-corrected chi connectivity index (χ1v) is 5.95. The van der Waals surface area contributed by atoms with Crippen LogP contribution in [0.25, 0.3) is 0 Å². The van der Waals surface area contributed by atoms with Crippen molar-refractivity contribution in [3.63, 3.8) is 0 Å². The van der Waals surface area contributed by atoms with Crippen molar-refractivity contribution in [1.82, 2.24) is 10.3 Å². The molecule has 1 N–H and O–H groups in total. The van der Waals surface area contributed by atoms with Crippen molar-refractivity contribution < 1.29 is 9.53 Å². The predicted octanol–water partition coefficient (Wildman–Crippen LogP) is 2.00. The lowest BCUT2D eigenvalue weighted by Gasteiger charge is -2.12. The number of aromatic nitrogens is 1. The molecule has 0 saturated carbocycles. The monoisotopic (exact) mass is 286 g/mol. The van der Waals surface area contributed by atoms with E-state index in [0.717, 1.165) is 0 Å². The number of hydrogen-bond donors (Lipinski definition) is 1. The molecule has 1 heterocycles. The number of hydrogen-bond acceptors (Lipinski definition) is 3. The molecule has 5 heteroatoms. The molecular formula is C11H15BrN2O2. The average molecular weight is 287 g/mol. The van der Waals surface area contributed by atoms with Crippen molar-refractivity contribution in [3.8, 4) is 0 Å². The Morgan fingerprint density at radius 2 is 2.38 bits per heavy atom. The van der Waals surface area contributed by atoms with E-state index in [1.54, 1.807) is 18.2 Å². The molecule has 0 aliphatic rings. The Kier molecular flexibility index (Phi) is 5.42. The van der Waals surface area contributed by atoms with Crippen LogP contribution in [0.2, 0.25) is 0 Å². The first-order chi connectivity index (χ1) is 7.63. The first-order valence-electron chi connectivity index (χ1n) is 5.15. The lowest BCUT2D eigenvalue weighted by Crippen LogP contribution is -2.32. The highest BCUT2D eigenvalue weighted by molar-refractivity contribution is 9.10. The third-order valence-corrected chi connectivity index (χ3v) is 2.39. The van der Waals surface area contributed by atoms with E-state index in [-0.39, 0.29) is 12.0 Å². The molecule has 0 bridgehead atoms. The van der Waals surface area contributed by atoms with Crippen LogP contribution in [0.3, 0.4) is 0 Å². The van der Waals surface area contributed by atoms with E-state index in [1.165, 1.54) is 0 Å². The zero-order valence-corrected chi connectivity index (χ0v) is 11.0. The first kappa shape index (κ1) is 13.1. The highest BCUT2D eigenvalue weighted by Crippen LogP contribution is 2.06. The summed E-state index contributed by atoms with van der Waals surface area (Å²) < 4.78 is 5.96. The van der Waals surface area contributed by atoms with E-state index < -0.39 is 0 Å². The predicted molar refractivity (Wildman–Crippen MR) is 65.4 cm³/mol. The summed E-state index contributed by atoms with van der Waals surface area (Å²) in [6.07, 6.45) is 0.0149. The lowest BCUT2D eigenvalue weighted by molar-refractivity contribution is 0.0693. The van der Waals surface area contributed by atoms with E-state index in [9.17, 15) is 4.79 Å². The number of rotatable bonds is 5. The number of carbonyl (C=O) groups excluding carboxylic acids is 1. The van der Waals surface area contributed by atoms with Gasteiger partial charge >= 0.3 is 0 Å². The van der Waals surface area contributed by atoms with Crippen LogP contribution in [-0.2, 0) is 4.74 Å². The minimum Gasteiger partial charge on any atom is -0.377 e. The molecule has 0 aliphatic heterocycles. The molecule has 0 fully saturated rings. The fraction of sp³-hybridized carbons (Fsp3) is 0.455. The van der Waals surface area contributed by atoms with Crippen molar-refractivity contribution in [2.24, 2.45) is 0 Å². The van der Waals surface area contributed by atoms with Crippen LogP contribution < -0.4 is 5.32 Å². The van der Waals surface area contributed by atoms with Gasteiger partial charge < -0.3 is 10.1 Å². The van der Waals surface area contributed by atoms with Gasteiger partial charge in [-0.1, -0.05) is 6.07 Å². The molecule has 0 radical (unpaired) electrons. The lowest BCUT2D eigenvalue weighted by atomic mass is 10.3. The molecule has 4 nitrogen and oxygen atoms in total.